The highest BCUT2D eigenvalue weighted by atomic mass is 35.5. The van der Waals surface area contributed by atoms with Crippen LogP contribution in [0.4, 0.5) is 4.79 Å². The maximum Gasteiger partial charge on any atom is 0.315 e. The highest BCUT2D eigenvalue weighted by Gasteiger charge is 2.11. The lowest BCUT2D eigenvalue weighted by Crippen LogP contribution is -2.41. The van der Waals surface area contributed by atoms with Crippen molar-refractivity contribution in [2.45, 2.75) is 32.9 Å². The van der Waals surface area contributed by atoms with Crippen LogP contribution in [0.1, 0.15) is 23.9 Å². The number of hydrogen-bond acceptors (Lipinski definition) is 3. The van der Waals surface area contributed by atoms with E-state index in [-0.39, 0.29) is 12.1 Å². The topological polar surface area (TPSA) is 67.2 Å². The van der Waals surface area contributed by atoms with Crippen LogP contribution in [-0.2, 0) is 13.0 Å². The Morgan fingerprint density at radius 1 is 1.41 bits per heavy atom. The van der Waals surface area contributed by atoms with Crippen molar-refractivity contribution < 1.29 is 9.21 Å². The van der Waals surface area contributed by atoms with Gasteiger partial charge in [0, 0.05) is 16.1 Å². The second-order valence-electron chi connectivity index (χ2n) is 5.02. The standard InChI is InChI=1S/C15H17Cl2N3O2/c1-9(5-11-3-4-12(16)6-13(11)17)20-15(21)18-7-14-10(2)22-8-19-14/h3-4,6,8-9H,5,7H2,1-2H3,(H2,18,20,21). The number of hydrogen-bond donors (Lipinski definition) is 2. The van der Waals surface area contributed by atoms with E-state index in [4.69, 9.17) is 27.6 Å². The Morgan fingerprint density at radius 3 is 2.82 bits per heavy atom. The van der Waals surface area contributed by atoms with Gasteiger partial charge in [-0.15, -0.1) is 0 Å². The Bertz CT molecular complexity index is 658. The fourth-order valence-electron chi connectivity index (χ4n) is 2.01. The van der Waals surface area contributed by atoms with Crippen LogP contribution in [0.25, 0.3) is 0 Å². The van der Waals surface area contributed by atoms with Gasteiger partial charge in [0.15, 0.2) is 6.39 Å². The summed E-state index contributed by atoms with van der Waals surface area (Å²) in [6, 6.07) is 5.00. The van der Waals surface area contributed by atoms with Gasteiger partial charge < -0.3 is 15.1 Å². The molecule has 0 aliphatic carbocycles. The fraction of sp³-hybridized carbons (Fsp3) is 0.333. The van der Waals surface area contributed by atoms with Gasteiger partial charge >= 0.3 is 6.03 Å². The molecular formula is C15H17Cl2N3O2. The molecule has 1 atom stereocenters. The lowest BCUT2D eigenvalue weighted by atomic mass is 10.1. The van der Waals surface area contributed by atoms with Gasteiger partial charge in [-0.2, -0.15) is 0 Å². The average Bonchev–Trinajstić information content (AvgIpc) is 2.85. The molecule has 1 unspecified atom stereocenters. The zero-order chi connectivity index (χ0) is 16.1. The molecule has 0 bridgehead atoms. The van der Waals surface area contributed by atoms with E-state index in [1.807, 2.05) is 13.0 Å². The molecule has 0 aliphatic rings. The number of carbonyl (C=O) groups is 1. The first-order chi connectivity index (χ1) is 10.5. The minimum atomic E-state index is -0.264. The minimum Gasteiger partial charge on any atom is -0.448 e. The van der Waals surface area contributed by atoms with E-state index in [1.54, 1.807) is 19.1 Å². The summed E-state index contributed by atoms with van der Waals surface area (Å²) in [7, 11) is 0. The number of amides is 2. The van der Waals surface area contributed by atoms with E-state index in [2.05, 4.69) is 15.6 Å². The van der Waals surface area contributed by atoms with Crippen LogP contribution < -0.4 is 10.6 Å². The van der Waals surface area contributed by atoms with Crippen molar-refractivity contribution in [1.82, 2.24) is 15.6 Å². The molecule has 7 heteroatoms. The summed E-state index contributed by atoms with van der Waals surface area (Å²) in [5, 5.41) is 6.78. The quantitative estimate of drug-likeness (QED) is 0.870. The molecule has 0 fully saturated rings. The Kier molecular flexibility index (Phi) is 5.69. The van der Waals surface area contributed by atoms with Crippen LogP contribution in [0.15, 0.2) is 29.0 Å². The minimum absolute atomic E-state index is 0.0721. The third kappa shape index (κ3) is 4.64. The van der Waals surface area contributed by atoms with Crippen molar-refractivity contribution in [3.05, 3.63) is 51.7 Å². The number of carbonyl (C=O) groups excluding carboxylic acids is 1. The zero-order valence-electron chi connectivity index (χ0n) is 12.3. The fourth-order valence-corrected chi connectivity index (χ4v) is 2.49. The Hall–Kier alpha value is -1.72. The van der Waals surface area contributed by atoms with E-state index < -0.39 is 0 Å². The van der Waals surface area contributed by atoms with Crippen LogP contribution in [0.2, 0.25) is 10.0 Å². The average molecular weight is 342 g/mol. The van der Waals surface area contributed by atoms with Gasteiger partial charge in [0.25, 0.3) is 0 Å². The predicted molar refractivity (Wildman–Crippen MR) is 86.2 cm³/mol. The van der Waals surface area contributed by atoms with E-state index in [0.717, 1.165) is 5.56 Å². The summed E-state index contributed by atoms with van der Waals surface area (Å²) in [5.74, 6) is 0.696. The van der Waals surface area contributed by atoms with Gasteiger partial charge in [-0.3, -0.25) is 0 Å². The number of halogens is 2. The first-order valence-corrected chi connectivity index (χ1v) is 7.58. The van der Waals surface area contributed by atoms with Crippen molar-refractivity contribution >= 4 is 29.2 Å². The van der Waals surface area contributed by atoms with Crippen molar-refractivity contribution in [1.29, 1.82) is 0 Å². The molecule has 22 heavy (non-hydrogen) atoms. The second kappa shape index (κ2) is 7.51. The van der Waals surface area contributed by atoms with Crippen LogP contribution in [0.3, 0.4) is 0 Å². The molecule has 2 amide bonds. The maximum atomic E-state index is 11.9. The number of aromatic nitrogens is 1. The number of nitrogens with zero attached hydrogens (tertiary/aromatic N) is 1. The molecule has 2 N–H and O–H groups in total. The molecular weight excluding hydrogens is 325 g/mol. The summed E-state index contributed by atoms with van der Waals surface area (Å²) in [4.78, 5) is 15.9. The number of benzene rings is 1. The number of nitrogens with one attached hydrogen (secondary N) is 2. The summed E-state index contributed by atoms with van der Waals surface area (Å²) in [6.45, 7) is 4.03. The van der Waals surface area contributed by atoms with E-state index in [9.17, 15) is 4.79 Å². The van der Waals surface area contributed by atoms with Crippen molar-refractivity contribution in [3.8, 4) is 0 Å². The Balaban J connectivity index is 1.82. The molecule has 1 aromatic carbocycles. The zero-order valence-corrected chi connectivity index (χ0v) is 13.8. The van der Waals surface area contributed by atoms with Gasteiger partial charge in [0.05, 0.1) is 6.54 Å². The van der Waals surface area contributed by atoms with Crippen LogP contribution in [-0.4, -0.2) is 17.1 Å². The largest absolute Gasteiger partial charge is 0.448 e. The van der Waals surface area contributed by atoms with Crippen LogP contribution in [0.5, 0.6) is 0 Å². The molecule has 5 nitrogen and oxygen atoms in total. The van der Waals surface area contributed by atoms with E-state index in [1.165, 1.54) is 6.39 Å². The molecule has 0 saturated heterocycles. The molecule has 2 aromatic rings. The number of rotatable bonds is 5. The normalized spacial score (nSPS) is 12.0. The van der Waals surface area contributed by atoms with E-state index in [0.29, 0.717) is 34.5 Å². The SMILES string of the molecule is Cc1ocnc1CNC(=O)NC(C)Cc1ccc(Cl)cc1Cl. The van der Waals surface area contributed by atoms with Gasteiger partial charge in [0.1, 0.15) is 11.5 Å². The Morgan fingerprint density at radius 2 is 2.18 bits per heavy atom. The van der Waals surface area contributed by atoms with Gasteiger partial charge in [-0.05, 0) is 38.0 Å². The van der Waals surface area contributed by atoms with Gasteiger partial charge in [-0.25, -0.2) is 9.78 Å². The number of urea groups is 1. The molecule has 2 rings (SSSR count). The molecule has 1 aromatic heterocycles. The van der Waals surface area contributed by atoms with Crippen LogP contribution >= 0.6 is 23.2 Å². The summed E-state index contributed by atoms with van der Waals surface area (Å²) in [5.41, 5.74) is 1.65. The molecule has 1 heterocycles. The highest BCUT2D eigenvalue weighted by molar-refractivity contribution is 6.35. The second-order valence-corrected chi connectivity index (χ2v) is 5.87. The van der Waals surface area contributed by atoms with E-state index >= 15 is 0 Å². The third-order valence-corrected chi connectivity index (χ3v) is 3.77. The van der Waals surface area contributed by atoms with Crippen molar-refractivity contribution in [2.75, 3.05) is 0 Å². The molecule has 118 valence electrons. The van der Waals surface area contributed by atoms with Crippen molar-refractivity contribution in [2.24, 2.45) is 0 Å². The van der Waals surface area contributed by atoms with Crippen LogP contribution in [0, 0.1) is 6.92 Å². The molecule has 0 spiro atoms. The van der Waals surface area contributed by atoms with Gasteiger partial charge in [0.2, 0.25) is 0 Å². The summed E-state index contributed by atoms with van der Waals surface area (Å²) >= 11 is 12.0. The Labute approximate surface area is 139 Å². The first kappa shape index (κ1) is 16.6. The lowest BCUT2D eigenvalue weighted by Gasteiger charge is -2.15. The molecule has 0 saturated carbocycles. The third-order valence-electron chi connectivity index (χ3n) is 3.18. The first-order valence-electron chi connectivity index (χ1n) is 6.83. The summed E-state index contributed by atoms with van der Waals surface area (Å²) < 4.78 is 5.07. The van der Waals surface area contributed by atoms with Crippen molar-refractivity contribution in [3.63, 3.8) is 0 Å². The monoisotopic (exact) mass is 341 g/mol. The highest BCUT2D eigenvalue weighted by Crippen LogP contribution is 2.22. The molecule has 0 radical (unpaired) electrons. The molecule has 0 aliphatic heterocycles. The summed E-state index contributed by atoms with van der Waals surface area (Å²) in [6.07, 6.45) is 1.97. The lowest BCUT2D eigenvalue weighted by molar-refractivity contribution is 0.237. The number of oxazole rings is 1. The van der Waals surface area contributed by atoms with Gasteiger partial charge in [-0.1, -0.05) is 29.3 Å². The number of aryl methyl sites for hydroxylation is 1. The smallest absolute Gasteiger partial charge is 0.315 e. The maximum absolute atomic E-state index is 11.9. The predicted octanol–water partition coefficient (Wildman–Crippen LogP) is 3.72.